The fraction of sp³-hybridized carbons (Fsp3) is 1.00. The van der Waals surface area contributed by atoms with E-state index in [-0.39, 0.29) is 39.1 Å². The van der Waals surface area contributed by atoms with E-state index in [0.717, 1.165) is 0 Å². The molecule has 0 aromatic heterocycles. The van der Waals surface area contributed by atoms with E-state index in [1.807, 2.05) is 0 Å². The van der Waals surface area contributed by atoms with Crippen molar-refractivity contribution in [1.29, 1.82) is 0 Å². The van der Waals surface area contributed by atoms with Crippen molar-refractivity contribution in [2.45, 2.75) is 45.8 Å². The zero-order valence-electron chi connectivity index (χ0n) is 11.7. The minimum Gasteiger partial charge on any atom is -0.397 e. The summed E-state index contributed by atoms with van der Waals surface area (Å²) in [5.74, 6) is 0. The average Bonchev–Trinajstić information content (AvgIpc) is 2.31. The molecular weight excluding hydrogens is 240 g/mol. The molecule has 0 aromatic carbocycles. The standard InChI is InChI=1S/C8H18O4.2C2H6O/c1-7(11)6-12-8(5-10)3-2-4-9;2*1-2-3/h7-11H,2-6H2,1H3;2*3H,2H2,1H3. The van der Waals surface area contributed by atoms with Crippen LogP contribution in [0.2, 0.25) is 0 Å². The Morgan fingerprint density at radius 2 is 1.44 bits per heavy atom. The molecule has 114 valence electrons. The number of rotatable bonds is 7. The van der Waals surface area contributed by atoms with Gasteiger partial charge in [0.1, 0.15) is 0 Å². The Balaban J connectivity index is -0.000000315. The molecule has 5 N–H and O–H groups in total. The molecule has 0 spiro atoms. The first-order valence-corrected chi connectivity index (χ1v) is 6.26. The quantitative estimate of drug-likeness (QED) is 0.427. The van der Waals surface area contributed by atoms with Crippen molar-refractivity contribution >= 4 is 0 Å². The normalized spacial score (nSPS) is 12.7. The summed E-state index contributed by atoms with van der Waals surface area (Å²) in [5, 5.41) is 41.3. The second-order valence-electron chi connectivity index (χ2n) is 3.49. The van der Waals surface area contributed by atoms with Gasteiger partial charge in [-0.3, -0.25) is 0 Å². The number of aliphatic hydroxyl groups is 5. The van der Waals surface area contributed by atoms with E-state index in [9.17, 15) is 0 Å². The van der Waals surface area contributed by atoms with Crippen molar-refractivity contribution in [3.63, 3.8) is 0 Å². The first-order valence-electron chi connectivity index (χ1n) is 6.26. The monoisotopic (exact) mass is 270 g/mol. The molecular formula is C12H30O6. The summed E-state index contributed by atoms with van der Waals surface area (Å²) < 4.78 is 5.14. The molecule has 0 aliphatic rings. The average molecular weight is 270 g/mol. The summed E-state index contributed by atoms with van der Waals surface area (Å²) in [6.45, 7) is 5.76. The largest absolute Gasteiger partial charge is 0.397 e. The number of hydrogen-bond acceptors (Lipinski definition) is 6. The van der Waals surface area contributed by atoms with Gasteiger partial charge in [-0.05, 0) is 33.6 Å². The van der Waals surface area contributed by atoms with Crippen molar-refractivity contribution in [2.75, 3.05) is 33.0 Å². The second kappa shape index (κ2) is 22.0. The van der Waals surface area contributed by atoms with E-state index < -0.39 is 6.10 Å². The first kappa shape index (κ1) is 22.9. The fourth-order valence-electron chi connectivity index (χ4n) is 0.822. The maximum absolute atomic E-state index is 8.87. The number of ether oxygens (including phenoxy) is 1. The Labute approximate surface area is 110 Å². The van der Waals surface area contributed by atoms with Crippen LogP contribution in [0.5, 0.6) is 0 Å². The Morgan fingerprint density at radius 1 is 1.00 bits per heavy atom. The van der Waals surface area contributed by atoms with E-state index >= 15 is 0 Å². The van der Waals surface area contributed by atoms with E-state index in [0.29, 0.717) is 12.8 Å². The van der Waals surface area contributed by atoms with Crippen LogP contribution in [-0.2, 0) is 4.74 Å². The predicted molar refractivity (Wildman–Crippen MR) is 70.3 cm³/mol. The molecule has 0 amide bonds. The van der Waals surface area contributed by atoms with Crippen LogP contribution in [0.3, 0.4) is 0 Å². The van der Waals surface area contributed by atoms with Gasteiger partial charge in [0.15, 0.2) is 0 Å². The predicted octanol–water partition coefficient (Wildman–Crippen LogP) is -0.486. The molecule has 0 heterocycles. The van der Waals surface area contributed by atoms with Crippen molar-refractivity contribution in [1.82, 2.24) is 0 Å². The Hall–Kier alpha value is -0.240. The molecule has 0 aliphatic carbocycles. The maximum Gasteiger partial charge on any atom is 0.0807 e. The van der Waals surface area contributed by atoms with Gasteiger partial charge in [-0.25, -0.2) is 0 Å². The van der Waals surface area contributed by atoms with Crippen LogP contribution in [-0.4, -0.2) is 70.8 Å². The Bertz CT molecular complexity index is 119. The molecule has 2 unspecified atom stereocenters. The molecule has 6 heteroatoms. The molecule has 0 radical (unpaired) electrons. The molecule has 6 nitrogen and oxygen atoms in total. The highest BCUT2D eigenvalue weighted by Gasteiger charge is 2.08. The van der Waals surface area contributed by atoms with Gasteiger partial charge >= 0.3 is 0 Å². The number of aliphatic hydroxyl groups excluding tert-OH is 5. The molecule has 0 saturated carbocycles. The Kier molecular flexibility index (Phi) is 28.0. The van der Waals surface area contributed by atoms with E-state index in [1.165, 1.54) is 0 Å². The fourth-order valence-corrected chi connectivity index (χ4v) is 0.822. The lowest BCUT2D eigenvalue weighted by molar-refractivity contribution is -0.0321. The van der Waals surface area contributed by atoms with Crippen molar-refractivity contribution in [2.24, 2.45) is 0 Å². The topological polar surface area (TPSA) is 110 Å². The molecule has 0 rings (SSSR count). The third kappa shape index (κ3) is 29.7. The lowest BCUT2D eigenvalue weighted by Gasteiger charge is -2.15. The highest BCUT2D eigenvalue weighted by atomic mass is 16.5. The summed E-state index contributed by atoms with van der Waals surface area (Å²) >= 11 is 0. The third-order valence-corrected chi connectivity index (χ3v) is 1.46. The van der Waals surface area contributed by atoms with Gasteiger partial charge in [-0.1, -0.05) is 0 Å². The molecule has 0 fully saturated rings. The highest BCUT2D eigenvalue weighted by Crippen LogP contribution is 2.01. The van der Waals surface area contributed by atoms with Gasteiger partial charge in [0.2, 0.25) is 0 Å². The smallest absolute Gasteiger partial charge is 0.0807 e. The SMILES string of the molecule is CC(O)COC(CO)CCCO.CCO.CCO. The highest BCUT2D eigenvalue weighted by molar-refractivity contribution is 4.56. The van der Waals surface area contributed by atoms with Crippen molar-refractivity contribution in [3.8, 4) is 0 Å². The zero-order valence-corrected chi connectivity index (χ0v) is 11.7. The summed E-state index contributed by atoms with van der Waals surface area (Å²) in [6.07, 6.45) is 0.477. The van der Waals surface area contributed by atoms with Gasteiger partial charge in [-0.2, -0.15) is 0 Å². The zero-order chi connectivity index (χ0) is 14.8. The van der Waals surface area contributed by atoms with Crippen LogP contribution in [0.4, 0.5) is 0 Å². The van der Waals surface area contributed by atoms with Gasteiger partial charge in [0, 0.05) is 19.8 Å². The van der Waals surface area contributed by atoms with Crippen LogP contribution in [0, 0.1) is 0 Å². The summed E-state index contributed by atoms with van der Waals surface area (Å²) in [4.78, 5) is 0. The van der Waals surface area contributed by atoms with Crippen molar-refractivity contribution < 1.29 is 30.3 Å². The van der Waals surface area contributed by atoms with Crippen LogP contribution >= 0.6 is 0 Å². The van der Waals surface area contributed by atoms with Gasteiger partial charge in [0.25, 0.3) is 0 Å². The first-order chi connectivity index (χ1) is 8.53. The van der Waals surface area contributed by atoms with Crippen LogP contribution in [0.15, 0.2) is 0 Å². The Morgan fingerprint density at radius 3 is 1.72 bits per heavy atom. The summed E-state index contributed by atoms with van der Waals surface area (Å²) in [6, 6.07) is 0. The van der Waals surface area contributed by atoms with E-state index in [4.69, 9.17) is 30.3 Å². The summed E-state index contributed by atoms with van der Waals surface area (Å²) in [7, 11) is 0. The van der Waals surface area contributed by atoms with E-state index in [2.05, 4.69) is 0 Å². The van der Waals surface area contributed by atoms with Crippen molar-refractivity contribution in [3.05, 3.63) is 0 Å². The van der Waals surface area contributed by atoms with Gasteiger partial charge in [-0.15, -0.1) is 0 Å². The van der Waals surface area contributed by atoms with E-state index in [1.54, 1.807) is 20.8 Å². The summed E-state index contributed by atoms with van der Waals surface area (Å²) in [5.41, 5.74) is 0. The van der Waals surface area contributed by atoms with Gasteiger partial charge in [0.05, 0.1) is 25.4 Å². The lowest BCUT2D eigenvalue weighted by Crippen LogP contribution is -2.23. The molecule has 0 bridgehead atoms. The number of hydrogen-bond donors (Lipinski definition) is 5. The lowest BCUT2D eigenvalue weighted by atomic mass is 10.2. The second-order valence-corrected chi connectivity index (χ2v) is 3.49. The molecule has 0 saturated heterocycles. The minimum absolute atomic E-state index is 0.0628. The molecule has 18 heavy (non-hydrogen) atoms. The third-order valence-electron chi connectivity index (χ3n) is 1.46. The van der Waals surface area contributed by atoms with Crippen LogP contribution in [0.1, 0.15) is 33.6 Å². The maximum atomic E-state index is 8.87. The van der Waals surface area contributed by atoms with Crippen LogP contribution in [0.25, 0.3) is 0 Å². The van der Waals surface area contributed by atoms with Crippen LogP contribution < -0.4 is 0 Å². The van der Waals surface area contributed by atoms with Gasteiger partial charge < -0.3 is 30.3 Å². The molecule has 0 aliphatic heterocycles. The molecule has 2 atom stereocenters. The molecule has 0 aromatic rings. The minimum atomic E-state index is -0.506.